The number of imidazole rings is 1. The van der Waals surface area contributed by atoms with E-state index in [2.05, 4.69) is 16.0 Å². The fourth-order valence-corrected chi connectivity index (χ4v) is 2.04. The fraction of sp³-hybridized carbons (Fsp3) is 0.250. The molecule has 0 atom stereocenters. The zero-order valence-electron chi connectivity index (χ0n) is 9.08. The van der Waals surface area contributed by atoms with Crippen molar-refractivity contribution in [3.8, 4) is 17.0 Å². The van der Waals surface area contributed by atoms with E-state index in [-0.39, 0.29) is 0 Å². The Morgan fingerprint density at radius 1 is 1.44 bits per heavy atom. The third kappa shape index (κ3) is 1.34. The van der Waals surface area contributed by atoms with Crippen molar-refractivity contribution in [3.05, 3.63) is 29.5 Å². The van der Waals surface area contributed by atoms with Crippen LogP contribution in [0.4, 0.5) is 5.95 Å². The standard InChI is InChI=1S/C12H13N3O/c1-7-2-3-8-10(6-7)16-5-4-9-11(8)15-12(13)14-9/h2-3,6H,4-5H2,1H3,(H3,13,14,15). The molecule has 0 unspecified atom stereocenters. The van der Waals surface area contributed by atoms with Crippen LogP contribution in [0, 0.1) is 6.92 Å². The molecule has 1 aliphatic heterocycles. The van der Waals surface area contributed by atoms with E-state index in [0.717, 1.165) is 29.1 Å². The summed E-state index contributed by atoms with van der Waals surface area (Å²) in [6.45, 7) is 2.71. The van der Waals surface area contributed by atoms with Crippen LogP contribution in [0.1, 0.15) is 11.3 Å². The lowest BCUT2D eigenvalue weighted by Crippen LogP contribution is -1.99. The predicted octanol–water partition coefficient (Wildman–Crippen LogP) is 1.90. The van der Waals surface area contributed by atoms with Crippen molar-refractivity contribution in [2.24, 2.45) is 0 Å². The molecule has 0 amide bonds. The van der Waals surface area contributed by atoms with Crippen LogP contribution in [0.25, 0.3) is 11.3 Å². The maximum atomic E-state index is 5.71. The van der Waals surface area contributed by atoms with Crippen molar-refractivity contribution in [1.29, 1.82) is 0 Å². The zero-order chi connectivity index (χ0) is 11.1. The van der Waals surface area contributed by atoms with Crippen LogP contribution in [0.3, 0.4) is 0 Å². The summed E-state index contributed by atoms with van der Waals surface area (Å²) in [6, 6.07) is 6.13. The van der Waals surface area contributed by atoms with Gasteiger partial charge in [0.2, 0.25) is 0 Å². The Morgan fingerprint density at radius 2 is 2.31 bits per heavy atom. The summed E-state index contributed by atoms with van der Waals surface area (Å²) in [4.78, 5) is 7.40. The molecule has 1 aromatic heterocycles. The molecule has 2 heterocycles. The van der Waals surface area contributed by atoms with Crippen molar-refractivity contribution in [3.63, 3.8) is 0 Å². The molecule has 4 heteroatoms. The lowest BCUT2D eigenvalue weighted by molar-refractivity contribution is 0.325. The Bertz CT molecular complexity index is 545. The summed E-state index contributed by atoms with van der Waals surface area (Å²) < 4.78 is 5.71. The predicted molar refractivity (Wildman–Crippen MR) is 62.4 cm³/mol. The fourth-order valence-electron chi connectivity index (χ4n) is 2.04. The molecule has 0 saturated carbocycles. The van der Waals surface area contributed by atoms with Gasteiger partial charge in [0.15, 0.2) is 5.95 Å². The Morgan fingerprint density at radius 3 is 3.19 bits per heavy atom. The number of hydrogen-bond acceptors (Lipinski definition) is 3. The van der Waals surface area contributed by atoms with E-state index in [4.69, 9.17) is 10.5 Å². The van der Waals surface area contributed by atoms with Gasteiger partial charge in [-0.05, 0) is 24.6 Å². The Labute approximate surface area is 93.5 Å². The van der Waals surface area contributed by atoms with Gasteiger partial charge in [-0.1, -0.05) is 6.07 Å². The first-order chi connectivity index (χ1) is 7.74. The number of fused-ring (bicyclic) bond motifs is 3. The number of H-pyrrole nitrogens is 1. The van der Waals surface area contributed by atoms with Crippen LogP contribution in [-0.2, 0) is 6.42 Å². The number of nitrogens with zero attached hydrogens (tertiary/aromatic N) is 1. The van der Waals surface area contributed by atoms with E-state index in [9.17, 15) is 0 Å². The van der Waals surface area contributed by atoms with Crippen molar-refractivity contribution in [2.75, 3.05) is 12.3 Å². The molecule has 2 aromatic rings. The van der Waals surface area contributed by atoms with Crippen LogP contribution in [0.15, 0.2) is 18.2 Å². The largest absolute Gasteiger partial charge is 0.492 e. The van der Waals surface area contributed by atoms with E-state index in [1.54, 1.807) is 0 Å². The van der Waals surface area contributed by atoms with Gasteiger partial charge in [-0.2, -0.15) is 0 Å². The number of ether oxygens (including phenoxy) is 1. The summed E-state index contributed by atoms with van der Waals surface area (Å²) in [5, 5.41) is 0. The number of nitrogen functional groups attached to an aromatic ring is 1. The van der Waals surface area contributed by atoms with Crippen LogP contribution in [0.2, 0.25) is 0 Å². The van der Waals surface area contributed by atoms with Crippen LogP contribution in [0.5, 0.6) is 5.75 Å². The second-order valence-electron chi connectivity index (χ2n) is 4.05. The number of rotatable bonds is 0. The number of hydrogen-bond donors (Lipinski definition) is 2. The molecule has 3 N–H and O–H groups in total. The molecule has 82 valence electrons. The lowest BCUT2D eigenvalue weighted by atomic mass is 10.1. The van der Waals surface area contributed by atoms with Crippen molar-refractivity contribution in [2.45, 2.75) is 13.3 Å². The molecule has 0 saturated heterocycles. The van der Waals surface area contributed by atoms with Gasteiger partial charge >= 0.3 is 0 Å². The highest BCUT2D eigenvalue weighted by Gasteiger charge is 2.18. The van der Waals surface area contributed by atoms with E-state index < -0.39 is 0 Å². The third-order valence-electron chi connectivity index (χ3n) is 2.80. The first-order valence-electron chi connectivity index (χ1n) is 5.32. The van der Waals surface area contributed by atoms with Crippen molar-refractivity contribution in [1.82, 2.24) is 9.97 Å². The van der Waals surface area contributed by atoms with E-state index in [1.807, 2.05) is 19.1 Å². The molecule has 1 aliphatic rings. The maximum Gasteiger partial charge on any atom is 0.198 e. The van der Waals surface area contributed by atoms with Gasteiger partial charge in [0, 0.05) is 17.7 Å². The molecule has 0 spiro atoms. The van der Waals surface area contributed by atoms with Gasteiger partial charge in [-0.3, -0.25) is 0 Å². The van der Waals surface area contributed by atoms with Gasteiger partial charge in [0.1, 0.15) is 5.75 Å². The molecule has 1 aromatic carbocycles. The summed E-state index contributed by atoms with van der Waals surface area (Å²) in [5.41, 5.74) is 9.87. The van der Waals surface area contributed by atoms with Gasteiger partial charge in [0.05, 0.1) is 12.3 Å². The number of aromatic nitrogens is 2. The molecule has 0 aliphatic carbocycles. The maximum absolute atomic E-state index is 5.71. The minimum atomic E-state index is 0.471. The van der Waals surface area contributed by atoms with Crippen LogP contribution in [-0.4, -0.2) is 16.6 Å². The minimum absolute atomic E-state index is 0.471. The number of nitrogens with two attached hydrogens (primary N) is 1. The summed E-state index contributed by atoms with van der Waals surface area (Å²) in [6.07, 6.45) is 0.813. The molecule has 16 heavy (non-hydrogen) atoms. The van der Waals surface area contributed by atoms with Crippen molar-refractivity contribution < 1.29 is 4.74 Å². The van der Waals surface area contributed by atoms with E-state index in [0.29, 0.717) is 12.6 Å². The third-order valence-corrected chi connectivity index (χ3v) is 2.80. The normalized spacial score (nSPS) is 13.6. The number of nitrogens with one attached hydrogen (secondary N) is 1. The summed E-state index contributed by atoms with van der Waals surface area (Å²) >= 11 is 0. The molecule has 3 rings (SSSR count). The Balaban J connectivity index is 2.24. The number of anilines is 1. The van der Waals surface area contributed by atoms with E-state index in [1.165, 1.54) is 5.56 Å². The van der Waals surface area contributed by atoms with Crippen LogP contribution >= 0.6 is 0 Å². The molecule has 0 fully saturated rings. The number of aryl methyl sites for hydroxylation is 1. The highest BCUT2D eigenvalue weighted by atomic mass is 16.5. The SMILES string of the molecule is Cc1ccc2c(c1)OCCc1[nH]c(N)nc1-2. The topological polar surface area (TPSA) is 63.9 Å². The zero-order valence-corrected chi connectivity index (χ0v) is 9.08. The second-order valence-corrected chi connectivity index (χ2v) is 4.05. The average molecular weight is 215 g/mol. The van der Waals surface area contributed by atoms with E-state index >= 15 is 0 Å². The number of benzene rings is 1. The second kappa shape index (κ2) is 3.27. The average Bonchev–Trinajstić information content (AvgIpc) is 2.52. The first kappa shape index (κ1) is 9.27. The van der Waals surface area contributed by atoms with Gasteiger partial charge in [-0.25, -0.2) is 4.98 Å². The quantitative estimate of drug-likeness (QED) is 0.705. The number of aromatic amines is 1. The van der Waals surface area contributed by atoms with Gasteiger partial charge in [-0.15, -0.1) is 0 Å². The highest BCUT2D eigenvalue weighted by Crippen LogP contribution is 2.34. The lowest BCUT2D eigenvalue weighted by Gasteiger charge is -2.07. The molecule has 4 nitrogen and oxygen atoms in total. The van der Waals surface area contributed by atoms with Gasteiger partial charge in [0.25, 0.3) is 0 Å². The molecule has 0 bridgehead atoms. The monoisotopic (exact) mass is 215 g/mol. The Hall–Kier alpha value is -1.97. The smallest absolute Gasteiger partial charge is 0.198 e. The first-order valence-corrected chi connectivity index (χ1v) is 5.32. The molecular weight excluding hydrogens is 202 g/mol. The van der Waals surface area contributed by atoms with Crippen LogP contribution < -0.4 is 10.5 Å². The summed E-state index contributed by atoms with van der Waals surface area (Å²) in [5.74, 6) is 1.36. The Kier molecular flexibility index (Phi) is 1.89. The van der Waals surface area contributed by atoms with Gasteiger partial charge < -0.3 is 15.5 Å². The molecule has 0 radical (unpaired) electrons. The summed E-state index contributed by atoms with van der Waals surface area (Å²) in [7, 11) is 0. The molecular formula is C12H13N3O. The van der Waals surface area contributed by atoms with Crippen molar-refractivity contribution >= 4 is 5.95 Å². The highest BCUT2D eigenvalue weighted by molar-refractivity contribution is 5.71. The minimum Gasteiger partial charge on any atom is -0.492 e.